The quantitative estimate of drug-likeness (QED) is 0.667. The highest BCUT2D eigenvalue weighted by molar-refractivity contribution is 9.08. The molecule has 1 aromatic heterocycles. The average molecular weight is 301 g/mol. The maximum atomic E-state index is 13.0. The van der Waals surface area contributed by atoms with Gasteiger partial charge in [-0.1, -0.05) is 15.9 Å². The van der Waals surface area contributed by atoms with E-state index in [2.05, 4.69) is 26.2 Å². The summed E-state index contributed by atoms with van der Waals surface area (Å²) in [4.78, 5) is 26.7. The van der Waals surface area contributed by atoms with E-state index in [0.717, 1.165) is 6.20 Å². The Hall–Kier alpha value is -1.30. The molecule has 2 amide bonds. The van der Waals surface area contributed by atoms with E-state index in [4.69, 9.17) is 0 Å². The molecular weight excluding hydrogens is 291 g/mol. The smallest absolute Gasteiger partial charge is 0.235 e. The third-order valence-electron chi connectivity index (χ3n) is 2.68. The molecule has 0 radical (unpaired) electrons. The van der Waals surface area contributed by atoms with Crippen molar-refractivity contribution in [2.24, 2.45) is 0 Å². The highest BCUT2D eigenvalue weighted by atomic mass is 79.9. The van der Waals surface area contributed by atoms with E-state index in [9.17, 15) is 14.0 Å². The van der Waals surface area contributed by atoms with Crippen LogP contribution in [0.2, 0.25) is 0 Å². The first-order chi connectivity index (χ1) is 8.11. The number of pyridine rings is 1. The molecular formula is C11H10BrFN2O2. The van der Waals surface area contributed by atoms with Crippen LogP contribution in [0.4, 0.5) is 4.39 Å². The molecule has 1 aliphatic rings. The molecule has 0 saturated carbocycles. The zero-order valence-electron chi connectivity index (χ0n) is 8.87. The number of carbonyl (C=O) groups excluding carboxylic acids is 2. The van der Waals surface area contributed by atoms with E-state index < -0.39 is 11.7 Å². The summed E-state index contributed by atoms with van der Waals surface area (Å²) in [5.74, 6) is -1.53. The summed E-state index contributed by atoms with van der Waals surface area (Å²) in [5.41, 5.74) is 1.17. The minimum Gasteiger partial charge on any atom is -0.296 e. The Morgan fingerprint density at radius 1 is 1.53 bits per heavy atom. The Labute approximate surface area is 106 Å². The number of piperidine rings is 1. The molecule has 1 atom stereocenters. The van der Waals surface area contributed by atoms with E-state index >= 15 is 0 Å². The summed E-state index contributed by atoms with van der Waals surface area (Å²) < 4.78 is 13.0. The summed E-state index contributed by atoms with van der Waals surface area (Å²) in [6.45, 7) is 0. The number of rotatable bonds is 2. The van der Waals surface area contributed by atoms with Crippen molar-refractivity contribution in [3.05, 3.63) is 29.3 Å². The number of alkyl halides is 1. The number of aromatic nitrogens is 1. The molecule has 4 nitrogen and oxygen atoms in total. The van der Waals surface area contributed by atoms with Gasteiger partial charge in [0, 0.05) is 11.8 Å². The Balaban J connectivity index is 2.33. The van der Waals surface area contributed by atoms with E-state index in [0.29, 0.717) is 23.0 Å². The molecule has 2 rings (SSSR count). The van der Waals surface area contributed by atoms with Crippen LogP contribution >= 0.6 is 15.9 Å². The van der Waals surface area contributed by atoms with Crippen LogP contribution in [0.1, 0.15) is 30.0 Å². The summed E-state index contributed by atoms with van der Waals surface area (Å²) in [7, 11) is 0. The first-order valence-corrected chi connectivity index (χ1v) is 6.28. The summed E-state index contributed by atoms with van der Waals surface area (Å²) in [6.07, 6.45) is 1.80. The minimum atomic E-state index is -0.471. The molecule has 90 valence electrons. The lowest BCUT2D eigenvalue weighted by Crippen LogP contribution is -2.40. The Bertz CT molecular complexity index is 479. The second-order valence-electron chi connectivity index (χ2n) is 3.84. The number of nitrogens with one attached hydrogen (secondary N) is 1. The predicted molar refractivity (Wildman–Crippen MR) is 62.0 cm³/mol. The molecule has 2 heterocycles. The monoisotopic (exact) mass is 300 g/mol. The normalized spacial score (nSPS) is 20.2. The molecule has 0 aliphatic carbocycles. The van der Waals surface area contributed by atoms with Crippen molar-refractivity contribution < 1.29 is 14.0 Å². The maximum absolute atomic E-state index is 13.0. The average Bonchev–Trinajstić information content (AvgIpc) is 2.30. The SMILES string of the molecule is O=C1CCC(c2ncc(F)cc2CBr)C(=O)N1. The second kappa shape index (κ2) is 4.91. The van der Waals surface area contributed by atoms with Crippen molar-refractivity contribution in [2.75, 3.05) is 0 Å². The molecule has 0 bridgehead atoms. The Kier molecular flexibility index (Phi) is 3.51. The number of hydrogen-bond acceptors (Lipinski definition) is 3. The number of nitrogens with zero attached hydrogens (tertiary/aromatic N) is 1. The third kappa shape index (κ3) is 2.52. The van der Waals surface area contributed by atoms with Gasteiger partial charge < -0.3 is 0 Å². The fourth-order valence-electron chi connectivity index (χ4n) is 1.87. The first-order valence-electron chi connectivity index (χ1n) is 5.16. The van der Waals surface area contributed by atoms with Gasteiger partial charge in [-0.15, -0.1) is 0 Å². The van der Waals surface area contributed by atoms with Crippen LogP contribution in [0, 0.1) is 5.82 Å². The highest BCUT2D eigenvalue weighted by Gasteiger charge is 2.30. The van der Waals surface area contributed by atoms with Crippen LogP contribution in [0.5, 0.6) is 0 Å². The third-order valence-corrected chi connectivity index (χ3v) is 3.29. The first kappa shape index (κ1) is 12.2. The minimum absolute atomic E-state index is 0.270. The van der Waals surface area contributed by atoms with E-state index in [-0.39, 0.29) is 18.2 Å². The highest BCUT2D eigenvalue weighted by Crippen LogP contribution is 2.27. The summed E-state index contributed by atoms with van der Waals surface area (Å²) in [6, 6.07) is 1.35. The molecule has 1 unspecified atom stereocenters. The van der Waals surface area contributed by atoms with Crippen LogP contribution in [0.15, 0.2) is 12.3 Å². The van der Waals surface area contributed by atoms with Gasteiger partial charge in [0.25, 0.3) is 0 Å². The molecule has 0 spiro atoms. The van der Waals surface area contributed by atoms with Gasteiger partial charge in [-0.2, -0.15) is 0 Å². The van der Waals surface area contributed by atoms with Crippen LogP contribution in [0.3, 0.4) is 0 Å². The zero-order chi connectivity index (χ0) is 12.4. The van der Waals surface area contributed by atoms with Gasteiger partial charge in [0.05, 0.1) is 17.8 Å². The molecule has 17 heavy (non-hydrogen) atoms. The molecule has 0 aromatic carbocycles. The van der Waals surface area contributed by atoms with Gasteiger partial charge in [0.2, 0.25) is 11.8 Å². The predicted octanol–water partition coefficient (Wildman–Crippen LogP) is 1.64. The molecule has 1 aromatic rings. The van der Waals surface area contributed by atoms with Gasteiger partial charge in [-0.05, 0) is 18.1 Å². The van der Waals surface area contributed by atoms with Gasteiger partial charge in [-0.25, -0.2) is 4.39 Å². The summed E-state index contributed by atoms with van der Waals surface area (Å²) >= 11 is 3.24. The standard InChI is InChI=1S/C11H10BrFN2O2/c12-4-6-3-7(13)5-14-10(6)8-1-2-9(16)15-11(8)17/h3,5,8H,1-2,4H2,(H,15,16,17). The number of hydrogen-bond donors (Lipinski definition) is 1. The van der Waals surface area contributed by atoms with Crippen molar-refractivity contribution in [1.29, 1.82) is 0 Å². The number of imide groups is 1. The van der Waals surface area contributed by atoms with Crippen LogP contribution in [0.25, 0.3) is 0 Å². The topological polar surface area (TPSA) is 59.1 Å². The van der Waals surface area contributed by atoms with E-state index in [1.165, 1.54) is 6.07 Å². The van der Waals surface area contributed by atoms with Crippen molar-refractivity contribution in [3.63, 3.8) is 0 Å². The lowest BCUT2D eigenvalue weighted by atomic mass is 9.92. The van der Waals surface area contributed by atoms with Crippen LogP contribution < -0.4 is 5.32 Å². The van der Waals surface area contributed by atoms with Crippen LogP contribution in [-0.4, -0.2) is 16.8 Å². The summed E-state index contributed by atoms with van der Waals surface area (Å²) in [5, 5.41) is 2.69. The lowest BCUT2D eigenvalue weighted by Gasteiger charge is -2.21. The second-order valence-corrected chi connectivity index (χ2v) is 4.40. The van der Waals surface area contributed by atoms with Crippen molar-refractivity contribution in [3.8, 4) is 0 Å². The number of carbonyl (C=O) groups is 2. The number of amides is 2. The van der Waals surface area contributed by atoms with Gasteiger partial charge in [-0.3, -0.25) is 19.9 Å². The largest absolute Gasteiger partial charge is 0.296 e. The van der Waals surface area contributed by atoms with Crippen molar-refractivity contribution >= 4 is 27.7 Å². The van der Waals surface area contributed by atoms with Gasteiger partial charge in [0.1, 0.15) is 5.82 Å². The van der Waals surface area contributed by atoms with E-state index in [1.807, 2.05) is 0 Å². The lowest BCUT2D eigenvalue weighted by molar-refractivity contribution is -0.134. The van der Waals surface area contributed by atoms with Crippen molar-refractivity contribution in [2.45, 2.75) is 24.1 Å². The fraction of sp³-hybridized carbons (Fsp3) is 0.364. The molecule has 1 aliphatic heterocycles. The number of halogens is 2. The van der Waals surface area contributed by atoms with E-state index in [1.54, 1.807) is 0 Å². The Morgan fingerprint density at radius 3 is 2.94 bits per heavy atom. The molecule has 1 N–H and O–H groups in total. The van der Waals surface area contributed by atoms with Crippen LogP contribution in [-0.2, 0) is 14.9 Å². The zero-order valence-corrected chi connectivity index (χ0v) is 10.5. The Morgan fingerprint density at radius 2 is 2.29 bits per heavy atom. The van der Waals surface area contributed by atoms with Gasteiger partial charge in [0.15, 0.2) is 0 Å². The fourth-order valence-corrected chi connectivity index (χ4v) is 2.32. The van der Waals surface area contributed by atoms with Crippen molar-refractivity contribution in [1.82, 2.24) is 10.3 Å². The molecule has 6 heteroatoms. The molecule has 1 saturated heterocycles. The van der Waals surface area contributed by atoms with Gasteiger partial charge >= 0.3 is 0 Å². The molecule has 1 fully saturated rings. The maximum Gasteiger partial charge on any atom is 0.235 e.